The van der Waals surface area contributed by atoms with Gasteiger partial charge in [0.05, 0.1) is 24.4 Å². The first-order chi connectivity index (χ1) is 16.5. The summed E-state index contributed by atoms with van der Waals surface area (Å²) in [4.78, 5) is 17.0. The minimum atomic E-state index is -4.72. The number of halogens is 4. The molecule has 0 spiro atoms. The maximum Gasteiger partial charge on any atom is 0.504 e. The van der Waals surface area contributed by atoms with Crippen LogP contribution < -0.4 is 17.0 Å². The molecule has 2 aromatic heterocycles. The number of carbonyl (C=O) groups excluding carboxylic acids is 1. The summed E-state index contributed by atoms with van der Waals surface area (Å²) >= 11 is 0. The lowest BCUT2D eigenvalue weighted by Gasteiger charge is -2.25. The van der Waals surface area contributed by atoms with Crippen molar-refractivity contribution >= 4 is 17.6 Å². The number of pyridine rings is 1. The average molecular weight is 494 g/mol. The second-order valence-corrected chi connectivity index (χ2v) is 7.54. The summed E-state index contributed by atoms with van der Waals surface area (Å²) in [5.41, 5.74) is 0.310. The van der Waals surface area contributed by atoms with Crippen LogP contribution in [0.4, 0.5) is 23.4 Å². The summed E-state index contributed by atoms with van der Waals surface area (Å²) in [5, 5.41) is 19.7. The van der Waals surface area contributed by atoms with Gasteiger partial charge in [0, 0.05) is 11.8 Å². The molecule has 10 nitrogen and oxygen atoms in total. The SMILES string of the molecule is Cc1cc(F)c(C(=O)Nc2cccc(/C(=N/N)N(N)C(C)CO)n2)cc1-c1cnn(C(F)(F)F)c1. The van der Waals surface area contributed by atoms with Crippen LogP contribution in [0.25, 0.3) is 11.1 Å². The first kappa shape index (κ1) is 25.6. The number of nitrogens with one attached hydrogen (secondary N) is 1. The molecule has 0 radical (unpaired) electrons. The predicted octanol–water partition coefficient (Wildman–Crippen LogP) is 2.30. The predicted molar refractivity (Wildman–Crippen MR) is 119 cm³/mol. The number of hydrazine groups is 1. The van der Waals surface area contributed by atoms with Gasteiger partial charge in [-0.1, -0.05) is 6.07 Å². The van der Waals surface area contributed by atoms with Gasteiger partial charge in [0.25, 0.3) is 5.91 Å². The van der Waals surface area contributed by atoms with Crippen LogP contribution in [-0.4, -0.2) is 49.3 Å². The summed E-state index contributed by atoms with van der Waals surface area (Å²) in [7, 11) is 0. The zero-order valence-corrected chi connectivity index (χ0v) is 18.6. The van der Waals surface area contributed by atoms with Crippen LogP contribution in [0.2, 0.25) is 0 Å². The highest BCUT2D eigenvalue weighted by Gasteiger charge is 2.32. The molecule has 3 aromatic rings. The topological polar surface area (TPSA) is 148 Å². The molecule has 3 rings (SSSR count). The summed E-state index contributed by atoms with van der Waals surface area (Å²) in [6.07, 6.45) is -3.00. The quantitative estimate of drug-likeness (QED) is 0.135. The van der Waals surface area contributed by atoms with Gasteiger partial charge in [-0.05, 0) is 49.2 Å². The third-order valence-corrected chi connectivity index (χ3v) is 5.04. The zero-order chi connectivity index (χ0) is 25.9. The Bertz CT molecular complexity index is 1260. The number of anilines is 1. The number of aromatic nitrogens is 3. The van der Waals surface area contributed by atoms with Crippen molar-refractivity contribution in [2.75, 3.05) is 11.9 Å². The Hall–Kier alpha value is -4.04. The normalized spacial score (nSPS) is 13.0. The second-order valence-electron chi connectivity index (χ2n) is 7.54. The van der Waals surface area contributed by atoms with Crippen molar-refractivity contribution in [2.45, 2.75) is 26.2 Å². The van der Waals surface area contributed by atoms with Crippen LogP contribution in [0.3, 0.4) is 0 Å². The van der Waals surface area contributed by atoms with Gasteiger partial charge in [0.2, 0.25) is 0 Å². The van der Waals surface area contributed by atoms with E-state index in [4.69, 9.17) is 11.7 Å². The first-order valence-electron chi connectivity index (χ1n) is 10.1. The minimum absolute atomic E-state index is 0.00474. The Morgan fingerprint density at radius 2 is 2.06 bits per heavy atom. The highest BCUT2D eigenvalue weighted by atomic mass is 19.4. The standard InChI is InChI=1S/C21H22F4N8O2/c1-11-6-16(22)15(7-14(11)13-8-28-32(9-13)21(23,24)25)20(35)30-18-5-3-4-17(29-18)19(31-26)33(27)12(2)10-34/h3-9,12,34H,10,26-27H2,1-2H3,(H,29,30,35)/b31-19-. The second kappa shape index (κ2) is 10.1. The number of hydrazone groups is 1. The van der Waals surface area contributed by atoms with E-state index < -0.39 is 29.6 Å². The highest BCUT2D eigenvalue weighted by molar-refractivity contribution is 6.05. The van der Waals surface area contributed by atoms with Gasteiger partial charge in [-0.2, -0.15) is 14.9 Å². The van der Waals surface area contributed by atoms with Gasteiger partial charge in [-0.25, -0.2) is 15.2 Å². The number of nitrogens with two attached hydrogens (primary N) is 2. The lowest BCUT2D eigenvalue weighted by molar-refractivity contribution is -0.212. The van der Waals surface area contributed by atoms with E-state index in [9.17, 15) is 27.5 Å². The number of hydrogen-bond donors (Lipinski definition) is 4. The van der Waals surface area contributed by atoms with E-state index >= 15 is 0 Å². The molecule has 1 aromatic carbocycles. The molecular weight excluding hydrogens is 472 g/mol. The lowest BCUT2D eigenvalue weighted by atomic mass is 9.99. The van der Waals surface area contributed by atoms with Crippen molar-refractivity contribution in [3.05, 3.63) is 65.4 Å². The van der Waals surface area contributed by atoms with E-state index in [0.29, 0.717) is 5.56 Å². The number of amidine groups is 1. The number of aliphatic hydroxyl groups excluding tert-OH is 1. The molecule has 0 saturated carbocycles. The largest absolute Gasteiger partial charge is 0.504 e. The molecule has 6 N–H and O–H groups in total. The third kappa shape index (κ3) is 5.55. The Balaban J connectivity index is 1.90. The maximum absolute atomic E-state index is 14.6. The molecule has 1 atom stereocenters. The molecule has 1 amide bonds. The van der Waals surface area contributed by atoms with Crippen molar-refractivity contribution in [2.24, 2.45) is 16.8 Å². The van der Waals surface area contributed by atoms with E-state index in [2.05, 4.69) is 20.5 Å². The van der Waals surface area contributed by atoms with Crippen LogP contribution in [0.5, 0.6) is 0 Å². The average Bonchev–Trinajstić information content (AvgIpc) is 3.30. The summed E-state index contributed by atoms with van der Waals surface area (Å²) in [6.45, 7) is 2.82. The molecule has 0 aliphatic carbocycles. The Labute approximate surface area is 196 Å². The van der Waals surface area contributed by atoms with Crippen molar-refractivity contribution in [1.29, 1.82) is 0 Å². The lowest BCUT2D eigenvalue weighted by Crippen LogP contribution is -2.47. The number of alkyl halides is 3. The molecule has 0 saturated heterocycles. The zero-order valence-electron chi connectivity index (χ0n) is 18.6. The maximum atomic E-state index is 14.6. The number of aliphatic hydroxyl groups is 1. The first-order valence-corrected chi connectivity index (χ1v) is 10.1. The number of amides is 1. The Morgan fingerprint density at radius 3 is 2.66 bits per heavy atom. The summed E-state index contributed by atoms with van der Waals surface area (Å²) in [5.74, 6) is 9.56. The van der Waals surface area contributed by atoms with Crippen LogP contribution in [-0.2, 0) is 6.30 Å². The van der Waals surface area contributed by atoms with Gasteiger partial charge in [0.1, 0.15) is 17.3 Å². The summed E-state index contributed by atoms with van der Waals surface area (Å²) < 4.78 is 53.1. The summed E-state index contributed by atoms with van der Waals surface area (Å²) in [6, 6.07) is 6.09. The van der Waals surface area contributed by atoms with E-state index in [0.717, 1.165) is 29.5 Å². The van der Waals surface area contributed by atoms with Gasteiger partial charge in [-0.3, -0.25) is 9.80 Å². The Kier molecular flexibility index (Phi) is 7.36. The third-order valence-electron chi connectivity index (χ3n) is 5.04. The van der Waals surface area contributed by atoms with Gasteiger partial charge in [0.15, 0.2) is 5.84 Å². The van der Waals surface area contributed by atoms with E-state index in [1.807, 2.05) is 0 Å². The van der Waals surface area contributed by atoms with Crippen LogP contribution in [0.1, 0.15) is 28.5 Å². The van der Waals surface area contributed by atoms with Crippen molar-refractivity contribution in [3.8, 4) is 11.1 Å². The van der Waals surface area contributed by atoms with E-state index in [1.54, 1.807) is 6.92 Å². The fraction of sp³-hybridized carbons (Fsp3) is 0.238. The van der Waals surface area contributed by atoms with E-state index in [-0.39, 0.29) is 39.8 Å². The minimum Gasteiger partial charge on any atom is -0.394 e. The molecule has 14 heteroatoms. The molecular formula is C21H22F4N8O2. The molecule has 0 bridgehead atoms. The number of rotatable bonds is 6. The van der Waals surface area contributed by atoms with Gasteiger partial charge >= 0.3 is 6.30 Å². The Morgan fingerprint density at radius 1 is 1.34 bits per heavy atom. The molecule has 186 valence electrons. The van der Waals surface area contributed by atoms with Crippen molar-refractivity contribution in [1.82, 2.24) is 19.8 Å². The molecule has 35 heavy (non-hydrogen) atoms. The number of benzene rings is 1. The fourth-order valence-corrected chi connectivity index (χ4v) is 3.13. The fourth-order valence-electron chi connectivity index (χ4n) is 3.13. The number of nitrogens with zero attached hydrogens (tertiary/aromatic N) is 5. The monoisotopic (exact) mass is 494 g/mol. The number of hydrogen-bond acceptors (Lipinski definition) is 7. The molecule has 2 heterocycles. The van der Waals surface area contributed by atoms with Crippen molar-refractivity contribution < 1.29 is 27.5 Å². The van der Waals surface area contributed by atoms with Gasteiger partial charge < -0.3 is 16.3 Å². The molecule has 1 unspecified atom stereocenters. The van der Waals surface area contributed by atoms with Crippen LogP contribution >= 0.6 is 0 Å². The van der Waals surface area contributed by atoms with Gasteiger partial charge in [-0.15, -0.1) is 13.2 Å². The number of carbonyl (C=O) groups is 1. The smallest absolute Gasteiger partial charge is 0.394 e. The van der Waals surface area contributed by atoms with Crippen LogP contribution in [0, 0.1) is 12.7 Å². The van der Waals surface area contributed by atoms with E-state index in [1.165, 1.54) is 25.1 Å². The highest BCUT2D eigenvalue weighted by Crippen LogP contribution is 2.29. The molecule has 0 aliphatic rings. The van der Waals surface area contributed by atoms with Crippen molar-refractivity contribution in [3.63, 3.8) is 0 Å². The van der Waals surface area contributed by atoms with Crippen LogP contribution in [0.15, 0.2) is 47.8 Å². The number of aryl methyl sites for hydroxylation is 1. The molecule has 0 fully saturated rings. The molecule has 0 aliphatic heterocycles.